The first kappa shape index (κ1) is 13.5. The molecule has 0 bridgehead atoms. The van der Waals surface area contributed by atoms with Crippen molar-refractivity contribution in [2.45, 2.75) is 33.6 Å². The van der Waals surface area contributed by atoms with Gasteiger partial charge in [0.15, 0.2) is 0 Å². The first-order valence-electron chi connectivity index (χ1n) is 6.08. The number of carbonyl (C=O) groups excluding carboxylic acids is 1. The van der Waals surface area contributed by atoms with E-state index < -0.39 is 0 Å². The smallest absolute Gasteiger partial charge is 0.333 e. The molecule has 0 amide bonds. The molecule has 17 heavy (non-hydrogen) atoms. The van der Waals surface area contributed by atoms with Gasteiger partial charge in [0.25, 0.3) is 0 Å². The summed E-state index contributed by atoms with van der Waals surface area (Å²) in [5.74, 6) is -0.194. The van der Waals surface area contributed by atoms with Gasteiger partial charge in [-0.3, -0.25) is 0 Å². The van der Waals surface area contributed by atoms with Gasteiger partial charge in [0, 0.05) is 5.57 Å². The maximum absolute atomic E-state index is 11.7. The summed E-state index contributed by atoms with van der Waals surface area (Å²) >= 11 is 0. The molecule has 92 valence electrons. The lowest BCUT2D eigenvalue weighted by atomic mass is 9.98. The molecule has 1 rings (SSSR count). The number of carbonyl (C=O) groups is 1. The van der Waals surface area contributed by atoms with Crippen LogP contribution in [0.5, 0.6) is 0 Å². The number of rotatable bonds is 5. The lowest BCUT2D eigenvalue weighted by molar-refractivity contribution is -0.138. The first-order valence-corrected chi connectivity index (χ1v) is 6.08. The summed E-state index contributed by atoms with van der Waals surface area (Å²) in [6.45, 7) is 6.17. The number of ether oxygens (including phenoxy) is 1. The highest BCUT2D eigenvalue weighted by atomic mass is 16.5. The van der Waals surface area contributed by atoms with Crippen LogP contribution < -0.4 is 0 Å². The number of benzene rings is 1. The van der Waals surface area contributed by atoms with Crippen molar-refractivity contribution in [1.82, 2.24) is 0 Å². The largest absolute Gasteiger partial charge is 0.463 e. The molecule has 0 unspecified atom stereocenters. The second-order valence-corrected chi connectivity index (χ2v) is 3.96. The van der Waals surface area contributed by atoms with Crippen LogP contribution in [0.1, 0.15) is 32.8 Å². The predicted molar refractivity (Wildman–Crippen MR) is 69.8 cm³/mol. The fraction of sp³-hybridized carbons (Fsp3) is 0.400. The van der Waals surface area contributed by atoms with Gasteiger partial charge in [-0.25, -0.2) is 4.79 Å². The molecule has 0 atom stereocenters. The number of hydrogen-bond donors (Lipinski definition) is 0. The Kier molecular flexibility index (Phi) is 5.47. The third-order valence-corrected chi connectivity index (χ3v) is 2.80. The molecule has 0 fully saturated rings. The Balaban J connectivity index is 2.84. The SMILES string of the molecule is CCOC(=O)/C(C)=C(\CC)Cc1ccccc1. The van der Waals surface area contributed by atoms with Crippen LogP contribution in [-0.4, -0.2) is 12.6 Å². The van der Waals surface area contributed by atoms with E-state index in [4.69, 9.17) is 4.74 Å². The first-order chi connectivity index (χ1) is 8.19. The molecule has 2 nitrogen and oxygen atoms in total. The number of allylic oxidation sites excluding steroid dienone is 1. The minimum atomic E-state index is -0.194. The third kappa shape index (κ3) is 4.06. The Morgan fingerprint density at radius 1 is 1.18 bits per heavy atom. The molecule has 2 heteroatoms. The van der Waals surface area contributed by atoms with Gasteiger partial charge in [-0.2, -0.15) is 0 Å². The quantitative estimate of drug-likeness (QED) is 0.573. The van der Waals surface area contributed by atoms with E-state index in [1.165, 1.54) is 5.56 Å². The van der Waals surface area contributed by atoms with Gasteiger partial charge in [0.2, 0.25) is 0 Å². The molecular weight excluding hydrogens is 212 g/mol. The summed E-state index contributed by atoms with van der Waals surface area (Å²) < 4.78 is 5.03. The van der Waals surface area contributed by atoms with Crippen LogP contribution in [0.15, 0.2) is 41.5 Å². The molecule has 0 aromatic heterocycles. The molecular formula is C15H20O2. The normalized spacial score (nSPS) is 11.9. The summed E-state index contributed by atoms with van der Waals surface area (Å²) in [7, 11) is 0. The molecule has 0 spiro atoms. The van der Waals surface area contributed by atoms with Crippen molar-refractivity contribution >= 4 is 5.97 Å². The van der Waals surface area contributed by atoms with E-state index in [1.807, 2.05) is 32.0 Å². The van der Waals surface area contributed by atoms with Gasteiger partial charge in [0.05, 0.1) is 6.61 Å². The summed E-state index contributed by atoms with van der Waals surface area (Å²) in [6, 6.07) is 10.2. The average Bonchev–Trinajstić information content (AvgIpc) is 2.36. The van der Waals surface area contributed by atoms with E-state index in [1.54, 1.807) is 0 Å². The van der Waals surface area contributed by atoms with Crippen LogP contribution in [-0.2, 0) is 16.0 Å². The Morgan fingerprint density at radius 3 is 2.35 bits per heavy atom. The minimum Gasteiger partial charge on any atom is -0.463 e. The Morgan fingerprint density at radius 2 is 1.82 bits per heavy atom. The molecule has 0 aliphatic rings. The zero-order valence-corrected chi connectivity index (χ0v) is 10.8. The monoisotopic (exact) mass is 232 g/mol. The van der Waals surface area contributed by atoms with Crippen molar-refractivity contribution in [2.75, 3.05) is 6.61 Å². The fourth-order valence-electron chi connectivity index (χ4n) is 1.75. The molecule has 0 N–H and O–H groups in total. The van der Waals surface area contributed by atoms with Gasteiger partial charge in [0.1, 0.15) is 0 Å². The molecule has 0 saturated carbocycles. The van der Waals surface area contributed by atoms with Gasteiger partial charge in [-0.15, -0.1) is 0 Å². The minimum absolute atomic E-state index is 0.194. The van der Waals surface area contributed by atoms with Gasteiger partial charge >= 0.3 is 5.97 Å². The van der Waals surface area contributed by atoms with Crippen molar-refractivity contribution in [2.24, 2.45) is 0 Å². The Labute approximate surface area is 103 Å². The zero-order chi connectivity index (χ0) is 12.7. The van der Waals surface area contributed by atoms with Crippen molar-refractivity contribution in [3.05, 3.63) is 47.0 Å². The molecule has 1 aromatic rings. The highest BCUT2D eigenvalue weighted by Gasteiger charge is 2.10. The van der Waals surface area contributed by atoms with Crippen LogP contribution in [0.25, 0.3) is 0 Å². The van der Waals surface area contributed by atoms with Crippen LogP contribution in [0, 0.1) is 0 Å². The van der Waals surface area contributed by atoms with E-state index in [0.717, 1.165) is 24.0 Å². The fourth-order valence-corrected chi connectivity index (χ4v) is 1.75. The highest BCUT2D eigenvalue weighted by molar-refractivity contribution is 5.88. The van der Waals surface area contributed by atoms with Gasteiger partial charge in [-0.05, 0) is 32.3 Å². The molecule has 0 aliphatic carbocycles. The van der Waals surface area contributed by atoms with Crippen molar-refractivity contribution in [3.8, 4) is 0 Å². The standard InChI is InChI=1S/C15H20O2/c1-4-14(12(3)15(16)17-5-2)11-13-9-7-6-8-10-13/h6-10H,4-5,11H2,1-3H3/b14-12+. The van der Waals surface area contributed by atoms with Crippen molar-refractivity contribution < 1.29 is 9.53 Å². The van der Waals surface area contributed by atoms with Crippen LogP contribution in [0.2, 0.25) is 0 Å². The molecule has 1 aromatic carbocycles. The van der Waals surface area contributed by atoms with E-state index in [9.17, 15) is 4.79 Å². The molecule has 0 heterocycles. The predicted octanol–water partition coefficient (Wildman–Crippen LogP) is 3.52. The Hall–Kier alpha value is -1.57. The van der Waals surface area contributed by atoms with Gasteiger partial charge in [-0.1, -0.05) is 42.8 Å². The molecule has 0 saturated heterocycles. The third-order valence-electron chi connectivity index (χ3n) is 2.80. The summed E-state index contributed by atoms with van der Waals surface area (Å²) in [6.07, 6.45) is 1.70. The highest BCUT2D eigenvalue weighted by Crippen LogP contribution is 2.16. The van der Waals surface area contributed by atoms with E-state index in [-0.39, 0.29) is 5.97 Å². The maximum Gasteiger partial charge on any atom is 0.333 e. The van der Waals surface area contributed by atoms with E-state index >= 15 is 0 Å². The second-order valence-electron chi connectivity index (χ2n) is 3.96. The topological polar surface area (TPSA) is 26.3 Å². The average molecular weight is 232 g/mol. The number of hydrogen-bond acceptors (Lipinski definition) is 2. The molecule has 0 radical (unpaired) electrons. The van der Waals surface area contributed by atoms with Crippen LogP contribution in [0.4, 0.5) is 0 Å². The zero-order valence-electron chi connectivity index (χ0n) is 10.8. The van der Waals surface area contributed by atoms with Crippen LogP contribution in [0.3, 0.4) is 0 Å². The van der Waals surface area contributed by atoms with Gasteiger partial charge < -0.3 is 4.74 Å². The second kappa shape index (κ2) is 6.89. The summed E-state index contributed by atoms with van der Waals surface area (Å²) in [4.78, 5) is 11.7. The van der Waals surface area contributed by atoms with E-state index in [2.05, 4.69) is 19.1 Å². The van der Waals surface area contributed by atoms with E-state index in [0.29, 0.717) is 6.61 Å². The summed E-state index contributed by atoms with van der Waals surface area (Å²) in [5.41, 5.74) is 3.13. The van der Waals surface area contributed by atoms with Crippen LogP contribution >= 0.6 is 0 Å². The Bertz CT molecular complexity index is 391. The molecule has 0 aliphatic heterocycles. The number of esters is 1. The summed E-state index contributed by atoms with van der Waals surface area (Å²) in [5, 5.41) is 0. The lowest BCUT2D eigenvalue weighted by Crippen LogP contribution is -2.08. The van der Waals surface area contributed by atoms with Crippen molar-refractivity contribution in [1.29, 1.82) is 0 Å². The maximum atomic E-state index is 11.7. The lowest BCUT2D eigenvalue weighted by Gasteiger charge is -2.10. The van der Waals surface area contributed by atoms with Crippen molar-refractivity contribution in [3.63, 3.8) is 0 Å².